The standard InChI is InChI=1S/C23H28N4O3/c1-4-16(2)25-22(29)18-9-7-8-17(14-18)15-24-21(28)12-13-27-20-11-6-5-10-19(20)26(3)23(27)30/h5-11,14,16H,4,12-13,15H2,1-3H3,(H,24,28)(H,25,29). The Morgan fingerprint density at radius 2 is 1.80 bits per heavy atom. The first-order chi connectivity index (χ1) is 14.4. The predicted molar refractivity (Wildman–Crippen MR) is 117 cm³/mol. The number of nitrogens with one attached hydrogen (secondary N) is 2. The summed E-state index contributed by atoms with van der Waals surface area (Å²) in [6.45, 7) is 4.61. The first kappa shape index (κ1) is 21.4. The highest BCUT2D eigenvalue weighted by atomic mass is 16.2. The van der Waals surface area contributed by atoms with Crippen LogP contribution in [0.4, 0.5) is 0 Å². The smallest absolute Gasteiger partial charge is 0.328 e. The second-order valence-corrected chi connectivity index (χ2v) is 7.49. The Bertz CT molecular complexity index is 1110. The summed E-state index contributed by atoms with van der Waals surface area (Å²) < 4.78 is 3.21. The molecule has 0 saturated heterocycles. The van der Waals surface area contributed by atoms with Gasteiger partial charge in [-0.1, -0.05) is 31.2 Å². The molecular formula is C23H28N4O3. The van der Waals surface area contributed by atoms with Gasteiger partial charge >= 0.3 is 5.69 Å². The maximum absolute atomic E-state index is 12.4. The number of para-hydroxylation sites is 2. The average molecular weight is 409 g/mol. The van der Waals surface area contributed by atoms with Gasteiger partial charge in [-0.15, -0.1) is 0 Å². The Labute approximate surface area is 175 Å². The van der Waals surface area contributed by atoms with Crippen LogP contribution < -0.4 is 16.3 Å². The summed E-state index contributed by atoms with van der Waals surface area (Å²) >= 11 is 0. The molecule has 2 amide bonds. The quantitative estimate of drug-likeness (QED) is 0.601. The van der Waals surface area contributed by atoms with Crippen LogP contribution in [-0.2, 0) is 24.9 Å². The molecule has 1 heterocycles. The number of aromatic nitrogens is 2. The molecule has 0 fully saturated rings. The number of fused-ring (bicyclic) bond motifs is 1. The van der Waals surface area contributed by atoms with Gasteiger partial charge in [-0.25, -0.2) is 4.79 Å². The number of carbonyl (C=O) groups excluding carboxylic acids is 2. The second kappa shape index (κ2) is 9.43. The molecular weight excluding hydrogens is 380 g/mol. The van der Waals surface area contributed by atoms with Crippen molar-refractivity contribution in [2.45, 2.75) is 45.8 Å². The van der Waals surface area contributed by atoms with Crippen molar-refractivity contribution in [2.75, 3.05) is 0 Å². The summed E-state index contributed by atoms with van der Waals surface area (Å²) in [6, 6.07) is 14.9. The van der Waals surface area contributed by atoms with Gasteiger partial charge in [0.05, 0.1) is 11.0 Å². The van der Waals surface area contributed by atoms with Crippen LogP contribution in [0.1, 0.15) is 42.6 Å². The molecule has 30 heavy (non-hydrogen) atoms. The molecule has 2 N–H and O–H groups in total. The molecule has 1 aromatic heterocycles. The van der Waals surface area contributed by atoms with E-state index in [1.54, 1.807) is 28.3 Å². The minimum Gasteiger partial charge on any atom is -0.352 e. The largest absolute Gasteiger partial charge is 0.352 e. The molecule has 1 unspecified atom stereocenters. The lowest BCUT2D eigenvalue weighted by Crippen LogP contribution is -2.32. The molecule has 0 aliphatic rings. The van der Waals surface area contributed by atoms with Gasteiger partial charge in [0.25, 0.3) is 5.91 Å². The molecule has 7 nitrogen and oxygen atoms in total. The van der Waals surface area contributed by atoms with E-state index in [4.69, 9.17) is 0 Å². The van der Waals surface area contributed by atoms with E-state index < -0.39 is 0 Å². The predicted octanol–water partition coefficient (Wildman–Crippen LogP) is 2.57. The Morgan fingerprint density at radius 3 is 2.53 bits per heavy atom. The molecule has 158 valence electrons. The lowest BCUT2D eigenvalue weighted by atomic mass is 10.1. The fourth-order valence-corrected chi connectivity index (χ4v) is 3.31. The molecule has 0 radical (unpaired) electrons. The van der Waals surface area contributed by atoms with Crippen molar-refractivity contribution in [2.24, 2.45) is 7.05 Å². The number of aryl methyl sites for hydroxylation is 2. The summed E-state index contributed by atoms with van der Waals surface area (Å²) in [5.74, 6) is -0.267. The first-order valence-electron chi connectivity index (χ1n) is 10.2. The average Bonchev–Trinajstić information content (AvgIpc) is 3.01. The number of benzene rings is 2. The van der Waals surface area contributed by atoms with Gasteiger partial charge < -0.3 is 10.6 Å². The lowest BCUT2D eigenvalue weighted by Gasteiger charge is -2.12. The number of nitrogens with zero attached hydrogens (tertiary/aromatic N) is 2. The van der Waals surface area contributed by atoms with Crippen LogP contribution in [0.2, 0.25) is 0 Å². The summed E-state index contributed by atoms with van der Waals surface area (Å²) in [5, 5.41) is 5.81. The highest BCUT2D eigenvalue weighted by molar-refractivity contribution is 5.94. The molecule has 0 aliphatic carbocycles. The van der Waals surface area contributed by atoms with Gasteiger partial charge in [0.1, 0.15) is 0 Å². The van der Waals surface area contributed by atoms with Crippen molar-refractivity contribution in [3.63, 3.8) is 0 Å². The number of imidazole rings is 1. The van der Waals surface area contributed by atoms with E-state index in [9.17, 15) is 14.4 Å². The number of carbonyl (C=O) groups is 2. The number of amides is 2. The van der Waals surface area contributed by atoms with Crippen molar-refractivity contribution < 1.29 is 9.59 Å². The van der Waals surface area contributed by atoms with Crippen LogP contribution in [0.25, 0.3) is 11.0 Å². The maximum Gasteiger partial charge on any atom is 0.328 e. The third-order valence-electron chi connectivity index (χ3n) is 5.28. The molecule has 0 saturated carbocycles. The summed E-state index contributed by atoms with van der Waals surface area (Å²) in [5.41, 5.74) is 2.95. The van der Waals surface area contributed by atoms with Crippen LogP contribution in [0.5, 0.6) is 0 Å². The van der Waals surface area contributed by atoms with Gasteiger partial charge in [0.2, 0.25) is 5.91 Å². The molecule has 0 aliphatic heterocycles. The third kappa shape index (κ3) is 4.79. The summed E-state index contributed by atoms with van der Waals surface area (Å²) in [4.78, 5) is 37.0. The van der Waals surface area contributed by atoms with Crippen molar-refractivity contribution in [1.29, 1.82) is 0 Å². The minimum atomic E-state index is -0.149. The maximum atomic E-state index is 12.4. The Morgan fingerprint density at radius 1 is 1.07 bits per heavy atom. The van der Waals surface area contributed by atoms with Crippen LogP contribution >= 0.6 is 0 Å². The summed E-state index contributed by atoms with van der Waals surface area (Å²) in [7, 11) is 1.73. The minimum absolute atomic E-state index is 0.110. The molecule has 3 aromatic rings. The fraction of sp³-hybridized carbons (Fsp3) is 0.348. The molecule has 3 rings (SSSR count). The highest BCUT2D eigenvalue weighted by Gasteiger charge is 2.12. The van der Waals surface area contributed by atoms with Crippen LogP contribution in [0.3, 0.4) is 0 Å². The third-order valence-corrected chi connectivity index (χ3v) is 5.28. The molecule has 1 atom stereocenters. The lowest BCUT2D eigenvalue weighted by molar-refractivity contribution is -0.121. The fourth-order valence-electron chi connectivity index (χ4n) is 3.31. The van der Waals surface area contributed by atoms with Gasteiger partial charge in [0, 0.05) is 38.2 Å². The van der Waals surface area contributed by atoms with Crippen molar-refractivity contribution in [3.8, 4) is 0 Å². The van der Waals surface area contributed by atoms with Crippen molar-refractivity contribution >= 4 is 22.8 Å². The van der Waals surface area contributed by atoms with E-state index >= 15 is 0 Å². The summed E-state index contributed by atoms with van der Waals surface area (Å²) in [6.07, 6.45) is 1.06. The molecule has 7 heteroatoms. The van der Waals surface area contributed by atoms with Gasteiger partial charge in [-0.3, -0.25) is 18.7 Å². The van der Waals surface area contributed by atoms with Crippen molar-refractivity contribution in [1.82, 2.24) is 19.8 Å². The van der Waals surface area contributed by atoms with E-state index in [2.05, 4.69) is 10.6 Å². The van der Waals surface area contributed by atoms with E-state index in [1.165, 1.54) is 0 Å². The normalized spacial score (nSPS) is 12.0. The Hall–Kier alpha value is -3.35. The zero-order valence-corrected chi connectivity index (χ0v) is 17.6. The van der Waals surface area contributed by atoms with E-state index in [0.717, 1.165) is 23.0 Å². The molecule has 0 spiro atoms. The van der Waals surface area contributed by atoms with Crippen LogP contribution in [-0.4, -0.2) is 27.0 Å². The van der Waals surface area contributed by atoms with Gasteiger partial charge in [0.15, 0.2) is 0 Å². The number of hydrogen-bond donors (Lipinski definition) is 2. The molecule has 2 aromatic carbocycles. The van der Waals surface area contributed by atoms with E-state index in [-0.39, 0.29) is 30.0 Å². The number of hydrogen-bond acceptors (Lipinski definition) is 3. The van der Waals surface area contributed by atoms with Gasteiger partial charge in [-0.05, 0) is 43.2 Å². The van der Waals surface area contributed by atoms with Crippen LogP contribution in [0.15, 0.2) is 53.3 Å². The van der Waals surface area contributed by atoms with Crippen molar-refractivity contribution in [3.05, 3.63) is 70.1 Å². The second-order valence-electron chi connectivity index (χ2n) is 7.49. The Balaban J connectivity index is 1.58. The zero-order chi connectivity index (χ0) is 21.7. The zero-order valence-electron chi connectivity index (χ0n) is 17.6. The van der Waals surface area contributed by atoms with Crippen LogP contribution in [0, 0.1) is 0 Å². The van der Waals surface area contributed by atoms with E-state index in [1.807, 2.05) is 50.2 Å². The highest BCUT2D eigenvalue weighted by Crippen LogP contribution is 2.12. The molecule has 0 bridgehead atoms. The number of rotatable bonds is 8. The monoisotopic (exact) mass is 408 g/mol. The topological polar surface area (TPSA) is 85.1 Å². The Kier molecular flexibility index (Phi) is 6.72. The van der Waals surface area contributed by atoms with Gasteiger partial charge in [-0.2, -0.15) is 0 Å². The van der Waals surface area contributed by atoms with E-state index in [0.29, 0.717) is 18.7 Å². The first-order valence-corrected chi connectivity index (χ1v) is 10.2. The SMILES string of the molecule is CCC(C)NC(=O)c1cccc(CNC(=O)CCn2c(=O)n(C)c3ccccc32)c1.